The molecule has 5 aromatic rings. The van der Waals surface area contributed by atoms with Crippen molar-refractivity contribution < 1.29 is 56.4 Å². The van der Waals surface area contributed by atoms with Gasteiger partial charge in [-0.1, -0.05) is 54.1 Å². The van der Waals surface area contributed by atoms with Gasteiger partial charge in [0.1, 0.15) is 24.1 Å². The molecule has 490 valence electrons. The van der Waals surface area contributed by atoms with Gasteiger partial charge in [0.25, 0.3) is 6.43 Å². The van der Waals surface area contributed by atoms with Crippen LogP contribution in [-0.4, -0.2) is 200 Å². The molecule has 0 aliphatic carbocycles. The van der Waals surface area contributed by atoms with Crippen LogP contribution in [0.3, 0.4) is 0 Å². The minimum absolute atomic E-state index is 0.103. The molecule has 25 heteroatoms. The predicted octanol–water partition coefficient (Wildman–Crippen LogP) is 8.34. The van der Waals surface area contributed by atoms with Crippen LogP contribution in [0.15, 0.2) is 113 Å². The third-order valence-electron chi connectivity index (χ3n) is 14.8. The molecular weight excluding hydrogens is 1200 g/mol. The number of amides is 4. The van der Waals surface area contributed by atoms with Crippen molar-refractivity contribution >= 4 is 69.8 Å². The van der Waals surface area contributed by atoms with Gasteiger partial charge in [-0.25, -0.2) is 13.8 Å². The number of nitrogens with one attached hydrogen (secondary N) is 3. The Kier molecular flexibility index (Phi) is 33.0. The topological polar surface area (TPSA) is 236 Å². The number of aromatic nitrogens is 1. The van der Waals surface area contributed by atoms with Crippen molar-refractivity contribution in [2.45, 2.75) is 76.4 Å². The molecule has 0 bridgehead atoms. The summed E-state index contributed by atoms with van der Waals surface area (Å²) in [5.74, 6) is 6.47. The molecule has 2 fully saturated rings. The zero-order valence-corrected chi connectivity index (χ0v) is 53.5. The summed E-state index contributed by atoms with van der Waals surface area (Å²) >= 11 is 7.39. The van der Waals surface area contributed by atoms with Crippen molar-refractivity contribution in [3.8, 4) is 11.5 Å². The van der Waals surface area contributed by atoms with Crippen LogP contribution in [-0.2, 0) is 57.5 Å². The summed E-state index contributed by atoms with van der Waals surface area (Å²) in [5.41, 5.74) is 4.24. The summed E-state index contributed by atoms with van der Waals surface area (Å²) in [4.78, 5) is 67.1. The standard InChI is InChI=1S/C54H72ClF2N7O8.C11H16N4O2S/c1-59-46-15-19-50(20-16-46)72-37-36-69-32-25-60-40-47(62-58)22-29-68-34-35-70-33-27-63(2)26-3-4-28-71-49-17-10-41(11-18-49)12-21-51(65)64(48-23-30-67-31-24-48)52(43-6-5-7-44(38-43)53(56)57)54(66)61-39-42-8-13-45(55)14-9-42;1-14-2-4-15(5-3-14)10(17)6-9-7-18-11(13-9)12-8-16/h5-11,13-20,38,40,48,52-53,59H,3-4,12,21-37,39,58H2,1-2H3,(H,61,66);7-8H,2-6H2,1H3,(H,12,13,16)/b60-40?,62-47-;. The Balaban J connectivity index is 0.000000609. The van der Waals surface area contributed by atoms with Crippen molar-refractivity contribution in [3.63, 3.8) is 0 Å². The molecule has 1 atom stereocenters. The van der Waals surface area contributed by atoms with E-state index in [-0.39, 0.29) is 36.4 Å². The van der Waals surface area contributed by atoms with E-state index in [1.54, 1.807) is 46.8 Å². The number of benzene rings is 4. The van der Waals surface area contributed by atoms with E-state index >= 15 is 0 Å². The smallest absolute Gasteiger partial charge is 0.263 e. The number of aliphatic imine (C=N–C) groups is 1. The maximum absolute atomic E-state index is 14.3. The molecule has 4 aromatic carbocycles. The SMILES string of the molecule is CN1CCN(C(=O)Cc2csc(NC=O)n2)CC1.CNc1ccc(OCCOCCN=C/C(CCOCCOCCN(C)CCCCOc2ccc(CCC(=O)N(C3CCOCC3)C(C(=O)NCc3ccc(Cl)cc3)c3cccc(C(F)F)c3)cc2)=N\N)cc1. The highest BCUT2D eigenvalue weighted by Gasteiger charge is 2.37. The van der Waals surface area contributed by atoms with Gasteiger partial charge in [-0.05, 0) is 124 Å². The van der Waals surface area contributed by atoms with Crippen molar-refractivity contribution in [1.82, 2.24) is 29.9 Å². The highest BCUT2D eigenvalue weighted by Crippen LogP contribution is 2.32. The summed E-state index contributed by atoms with van der Waals surface area (Å²) < 4.78 is 62.2. The molecule has 2 aliphatic heterocycles. The van der Waals surface area contributed by atoms with Gasteiger partial charge in [0.2, 0.25) is 24.1 Å². The highest BCUT2D eigenvalue weighted by molar-refractivity contribution is 7.13. The number of piperazine rings is 1. The predicted molar refractivity (Wildman–Crippen MR) is 348 cm³/mol. The number of thiazole rings is 1. The Morgan fingerprint density at radius 2 is 1.49 bits per heavy atom. The number of hydrazone groups is 1. The molecule has 1 aromatic heterocycles. The fourth-order valence-electron chi connectivity index (χ4n) is 9.67. The van der Waals surface area contributed by atoms with Crippen LogP contribution in [0, 0.1) is 0 Å². The third kappa shape index (κ3) is 26.7. The molecule has 21 nitrogen and oxygen atoms in total. The number of rotatable bonds is 38. The van der Waals surface area contributed by atoms with Crippen molar-refractivity contribution in [1.29, 1.82) is 0 Å². The number of unbranched alkanes of at least 4 members (excludes halogenated alkanes) is 1. The van der Waals surface area contributed by atoms with E-state index in [4.69, 9.17) is 45.9 Å². The van der Waals surface area contributed by atoms with E-state index in [1.807, 2.05) is 60.5 Å². The van der Waals surface area contributed by atoms with Crippen molar-refractivity contribution in [2.24, 2.45) is 15.9 Å². The average Bonchev–Trinajstić information content (AvgIpc) is 1.12. The first kappa shape index (κ1) is 71.9. The lowest BCUT2D eigenvalue weighted by atomic mass is 9.96. The summed E-state index contributed by atoms with van der Waals surface area (Å²) in [5, 5.41) is 15.2. The minimum atomic E-state index is -2.74. The molecule has 2 aliphatic rings. The number of alkyl halides is 2. The fraction of sp³-hybridized carbons (Fsp3) is 0.492. The molecule has 2 saturated heterocycles. The third-order valence-corrected chi connectivity index (χ3v) is 15.9. The molecule has 5 N–H and O–H groups in total. The summed E-state index contributed by atoms with van der Waals surface area (Å²) in [6.07, 6.45) is 3.77. The Hall–Kier alpha value is -7.16. The number of hydrogen-bond acceptors (Lipinski definition) is 18. The molecule has 4 amide bonds. The minimum Gasteiger partial charge on any atom is -0.494 e. The van der Waals surface area contributed by atoms with Crippen LogP contribution in [0.1, 0.15) is 78.9 Å². The first-order valence-corrected chi connectivity index (χ1v) is 31.8. The molecule has 0 radical (unpaired) electrons. The Morgan fingerprint density at radius 3 is 2.19 bits per heavy atom. The summed E-state index contributed by atoms with van der Waals surface area (Å²) in [6.45, 7) is 10.6. The molecule has 3 heterocycles. The van der Waals surface area contributed by atoms with E-state index < -0.39 is 18.4 Å². The Bertz CT molecular complexity index is 2940. The number of anilines is 2. The van der Waals surface area contributed by atoms with Gasteiger partial charge in [-0.2, -0.15) is 5.10 Å². The van der Waals surface area contributed by atoms with Crippen molar-refractivity contribution in [2.75, 3.05) is 144 Å². The fourth-order valence-corrected chi connectivity index (χ4v) is 10.5. The maximum Gasteiger partial charge on any atom is 0.263 e. The Labute approximate surface area is 536 Å². The molecule has 7 rings (SSSR count). The molecule has 0 saturated carbocycles. The van der Waals surface area contributed by atoms with Gasteiger partial charge in [-0.3, -0.25) is 24.2 Å². The van der Waals surface area contributed by atoms with Crippen LogP contribution in [0.2, 0.25) is 5.02 Å². The number of nitrogens with zero attached hydrogens (tertiary/aromatic N) is 7. The quantitative estimate of drug-likeness (QED) is 0.00956. The average molecular weight is 1290 g/mol. The van der Waals surface area contributed by atoms with E-state index in [9.17, 15) is 28.0 Å². The normalized spacial score (nSPS) is 14.3. The second kappa shape index (κ2) is 41.3. The number of likely N-dealkylation sites (N-methyl/N-ethyl adjacent to an activating group) is 2. The van der Waals surface area contributed by atoms with Crippen molar-refractivity contribution in [3.05, 3.63) is 135 Å². The first-order valence-electron chi connectivity index (χ1n) is 30.5. The van der Waals surface area contributed by atoms with Crippen LogP contribution < -0.4 is 31.3 Å². The number of nitrogens with two attached hydrogens (primary N) is 1. The van der Waals surface area contributed by atoms with Crippen LogP contribution in [0.4, 0.5) is 19.6 Å². The van der Waals surface area contributed by atoms with Crippen LogP contribution in [0.5, 0.6) is 11.5 Å². The summed E-state index contributed by atoms with van der Waals surface area (Å²) in [7, 11) is 6.00. The maximum atomic E-state index is 14.3. The van der Waals surface area contributed by atoms with Gasteiger partial charge >= 0.3 is 0 Å². The van der Waals surface area contributed by atoms with Gasteiger partial charge < -0.3 is 69.8 Å². The monoisotopic (exact) mass is 1290 g/mol. The van der Waals surface area contributed by atoms with Gasteiger partial charge in [0, 0.05) is 106 Å². The van der Waals surface area contributed by atoms with E-state index in [2.05, 4.69) is 54.9 Å². The van der Waals surface area contributed by atoms with Crippen LogP contribution >= 0.6 is 22.9 Å². The van der Waals surface area contributed by atoms with Crippen LogP contribution in [0.25, 0.3) is 0 Å². The number of aryl methyl sites for hydroxylation is 1. The zero-order valence-electron chi connectivity index (χ0n) is 51.9. The van der Waals surface area contributed by atoms with Gasteiger partial charge in [-0.15, -0.1) is 11.3 Å². The molecule has 90 heavy (non-hydrogen) atoms. The second-order valence-corrected chi connectivity index (χ2v) is 22.8. The number of carbonyl (C=O) groups is 4. The number of halogens is 3. The lowest BCUT2D eigenvalue weighted by Crippen LogP contribution is -2.50. The lowest BCUT2D eigenvalue weighted by Gasteiger charge is -2.39. The number of carbonyl (C=O) groups excluding carboxylic acids is 4. The molecular formula is C65H88ClF2N11O10S. The first-order chi connectivity index (χ1) is 43.8. The summed E-state index contributed by atoms with van der Waals surface area (Å²) in [6, 6.07) is 26.8. The van der Waals surface area contributed by atoms with E-state index in [0.717, 1.165) is 80.4 Å². The van der Waals surface area contributed by atoms with Gasteiger partial charge in [0.05, 0.1) is 70.6 Å². The second-order valence-electron chi connectivity index (χ2n) is 21.5. The largest absolute Gasteiger partial charge is 0.494 e. The number of ether oxygens (including phenoxy) is 6. The van der Waals surface area contributed by atoms with Gasteiger partial charge in [0.15, 0.2) is 5.13 Å². The lowest BCUT2D eigenvalue weighted by molar-refractivity contribution is -0.146. The molecule has 1 unspecified atom stereocenters. The highest BCUT2D eigenvalue weighted by atomic mass is 35.5. The zero-order chi connectivity index (χ0) is 64.1. The van der Waals surface area contributed by atoms with E-state index in [1.165, 1.54) is 29.5 Å². The van der Waals surface area contributed by atoms with E-state index in [0.29, 0.717) is 138 Å². The molecule has 0 spiro atoms. The number of hydrogen-bond donors (Lipinski definition) is 4. The Morgan fingerprint density at radius 1 is 0.822 bits per heavy atom.